The third kappa shape index (κ3) is 3.95. The lowest BCUT2D eigenvalue weighted by Gasteiger charge is -2.43. The molecule has 1 aliphatic heterocycles. The third-order valence-corrected chi connectivity index (χ3v) is 4.29. The first kappa shape index (κ1) is 15.3. The number of nitrogens with zero attached hydrogens (tertiary/aromatic N) is 2. The Bertz CT molecular complexity index is 383. The van der Waals surface area contributed by atoms with E-state index in [-0.39, 0.29) is 5.54 Å². The van der Waals surface area contributed by atoms with E-state index < -0.39 is 0 Å². The number of anilines is 1. The second kappa shape index (κ2) is 7.07. The number of piperidine rings is 1. The lowest BCUT2D eigenvalue weighted by molar-refractivity contribution is 0.254. The molecule has 112 valence electrons. The molecular formula is C16H28N4. The molecule has 1 heterocycles. The van der Waals surface area contributed by atoms with Gasteiger partial charge >= 0.3 is 0 Å². The average molecular weight is 276 g/mol. The van der Waals surface area contributed by atoms with Gasteiger partial charge in [0.25, 0.3) is 0 Å². The van der Waals surface area contributed by atoms with E-state index in [0.29, 0.717) is 0 Å². The summed E-state index contributed by atoms with van der Waals surface area (Å²) in [5.74, 6) is 0. The largest absolute Gasteiger partial charge is 0.371 e. The Labute approximate surface area is 122 Å². The molecule has 0 spiro atoms. The van der Waals surface area contributed by atoms with E-state index in [1.807, 2.05) is 0 Å². The van der Waals surface area contributed by atoms with Crippen LogP contribution in [0, 0.1) is 0 Å². The van der Waals surface area contributed by atoms with Crippen LogP contribution in [0.1, 0.15) is 12.8 Å². The van der Waals surface area contributed by atoms with E-state index in [2.05, 4.69) is 59.5 Å². The Morgan fingerprint density at radius 2 is 1.85 bits per heavy atom. The molecule has 3 N–H and O–H groups in total. The van der Waals surface area contributed by atoms with E-state index in [0.717, 1.165) is 45.6 Å². The molecule has 1 aromatic rings. The monoisotopic (exact) mass is 276 g/mol. The summed E-state index contributed by atoms with van der Waals surface area (Å²) in [4.78, 5) is 4.66. The van der Waals surface area contributed by atoms with Crippen molar-refractivity contribution in [3.05, 3.63) is 30.3 Å². The Morgan fingerprint density at radius 3 is 2.40 bits per heavy atom. The number of likely N-dealkylation sites (N-methyl/N-ethyl adjacent to an activating group) is 1. The van der Waals surface area contributed by atoms with Crippen LogP contribution in [0.2, 0.25) is 0 Å². The molecule has 1 fully saturated rings. The van der Waals surface area contributed by atoms with Crippen molar-refractivity contribution in [2.75, 3.05) is 51.7 Å². The lowest BCUT2D eigenvalue weighted by Crippen LogP contribution is -2.58. The normalized spacial score (nSPS) is 18.5. The van der Waals surface area contributed by atoms with Crippen molar-refractivity contribution >= 4 is 5.69 Å². The summed E-state index contributed by atoms with van der Waals surface area (Å²) in [6.07, 6.45) is 2.23. The summed E-state index contributed by atoms with van der Waals surface area (Å²) in [6.45, 7) is 4.95. The van der Waals surface area contributed by atoms with E-state index in [9.17, 15) is 0 Å². The molecule has 0 bridgehead atoms. The van der Waals surface area contributed by atoms with E-state index in [1.165, 1.54) is 5.69 Å². The van der Waals surface area contributed by atoms with Gasteiger partial charge in [0.2, 0.25) is 0 Å². The average Bonchev–Trinajstić information content (AvgIpc) is 2.48. The highest BCUT2D eigenvalue weighted by atomic mass is 15.2. The molecule has 0 saturated carbocycles. The van der Waals surface area contributed by atoms with Gasteiger partial charge in [-0.2, -0.15) is 0 Å². The molecule has 0 aliphatic carbocycles. The smallest absolute Gasteiger partial charge is 0.0366 e. The number of hydrogen-bond acceptors (Lipinski definition) is 4. The fraction of sp³-hybridized carbons (Fsp3) is 0.625. The third-order valence-electron chi connectivity index (χ3n) is 4.29. The molecule has 0 aromatic heterocycles. The summed E-state index contributed by atoms with van der Waals surface area (Å²) >= 11 is 0. The van der Waals surface area contributed by atoms with Crippen LogP contribution in [0.15, 0.2) is 30.3 Å². The number of rotatable bonds is 6. The van der Waals surface area contributed by atoms with Gasteiger partial charge in [-0.05, 0) is 39.1 Å². The molecule has 4 heteroatoms. The van der Waals surface area contributed by atoms with Crippen molar-refractivity contribution in [1.29, 1.82) is 0 Å². The van der Waals surface area contributed by atoms with Crippen molar-refractivity contribution in [2.45, 2.75) is 18.4 Å². The second-order valence-corrected chi connectivity index (χ2v) is 6.04. The molecule has 0 radical (unpaired) electrons. The number of hydrogen-bond donors (Lipinski definition) is 2. The fourth-order valence-electron chi connectivity index (χ4n) is 2.83. The van der Waals surface area contributed by atoms with Crippen LogP contribution in [-0.4, -0.2) is 57.3 Å². The van der Waals surface area contributed by atoms with Crippen molar-refractivity contribution in [2.24, 2.45) is 5.73 Å². The maximum Gasteiger partial charge on any atom is 0.0366 e. The Kier molecular flexibility index (Phi) is 5.40. The number of nitrogens with one attached hydrogen (secondary N) is 1. The zero-order chi connectivity index (χ0) is 14.4. The SMILES string of the molecule is CN(C)CCNC1(CN)CCN(c2ccccc2)CC1. The minimum atomic E-state index is 0.126. The molecular weight excluding hydrogens is 248 g/mol. The Balaban J connectivity index is 1.87. The standard InChI is InChI=1S/C16H28N4/c1-19(2)13-10-18-16(14-17)8-11-20(12-9-16)15-6-4-3-5-7-15/h3-7,18H,8-14,17H2,1-2H3. The van der Waals surface area contributed by atoms with E-state index in [1.54, 1.807) is 0 Å². The molecule has 1 saturated heterocycles. The van der Waals surface area contributed by atoms with Crippen LogP contribution in [-0.2, 0) is 0 Å². The molecule has 1 aliphatic rings. The van der Waals surface area contributed by atoms with Gasteiger partial charge in [0.05, 0.1) is 0 Å². The first-order valence-electron chi connectivity index (χ1n) is 7.55. The van der Waals surface area contributed by atoms with Crippen LogP contribution in [0.3, 0.4) is 0 Å². The molecule has 0 amide bonds. The summed E-state index contributed by atoms with van der Waals surface area (Å²) < 4.78 is 0. The highest BCUT2D eigenvalue weighted by Crippen LogP contribution is 2.25. The van der Waals surface area contributed by atoms with Gasteiger partial charge in [-0.1, -0.05) is 18.2 Å². The molecule has 0 atom stereocenters. The minimum Gasteiger partial charge on any atom is -0.371 e. The van der Waals surface area contributed by atoms with Crippen molar-refractivity contribution in [3.8, 4) is 0 Å². The number of para-hydroxylation sites is 1. The first-order valence-corrected chi connectivity index (χ1v) is 7.55. The second-order valence-electron chi connectivity index (χ2n) is 6.04. The van der Waals surface area contributed by atoms with Gasteiger partial charge in [0.15, 0.2) is 0 Å². The van der Waals surface area contributed by atoms with Crippen molar-refractivity contribution in [1.82, 2.24) is 10.2 Å². The maximum absolute atomic E-state index is 6.04. The highest BCUT2D eigenvalue weighted by Gasteiger charge is 2.32. The van der Waals surface area contributed by atoms with Crippen LogP contribution in [0.5, 0.6) is 0 Å². The summed E-state index contributed by atoms with van der Waals surface area (Å²) in [7, 11) is 4.21. The van der Waals surface area contributed by atoms with Gasteiger partial charge < -0.3 is 20.9 Å². The number of nitrogens with two attached hydrogens (primary N) is 1. The molecule has 20 heavy (non-hydrogen) atoms. The van der Waals surface area contributed by atoms with Crippen molar-refractivity contribution < 1.29 is 0 Å². The zero-order valence-electron chi connectivity index (χ0n) is 12.8. The fourth-order valence-corrected chi connectivity index (χ4v) is 2.83. The van der Waals surface area contributed by atoms with Crippen LogP contribution in [0.25, 0.3) is 0 Å². The van der Waals surface area contributed by atoms with Crippen LogP contribution >= 0.6 is 0 Å². The highest BCUT2D eigenvalue weighted by molar-refractivity contribution is 5.46. The zero-order valence-corrected chi connectivity index (χ0v) is 12.8. The van der Waals surface area contributed by atoms with Gasteiger partial charge in [-0.3, -0.25) is 0 Å². The molecule has 4 nitrogen and oxygen atoms in total. The Hall–Kier alpha value is -1.10. The summed E-state index contributed by atoms with van der Waals surface area (Å²) in [5.41, 5.74) is 7.50. The van der Waals surface area contributed by atoms with Gasteiger partial charge in [0.1, 0.15) is 0 Å². The van der Waals surface area contributed by atoms with Crippen molar-refractivity contribution in [3.63, 3.8) is 0 Å². The predicted octanol–water partition coefficient (Wildman–Crippen LogP) is 1.14. The maximum atomic E-state index is 6.04. The van der Waals surface area contributed by atoms with Crippen LogP contribution < -0.4 is 16.0 Å². The summed E-state index contributed by atoms with van der Waals surface area (Å²) in [5, 5.41) is 3.69. The van der Waals surface area contributed by atoms with E-state index >= 15 is 0 Å². The number of benzene rings is 1. The van der Waals surface area contributed by atoms with Crippen LogP contribution in [0.4, 0.5) is 5.69 Å². The van der Waals surface area contributed by atoms with Gasteiger partial charge in [0, 0.05) is 44.0 Å². The Morgan fingerprint density at radius 1 is 1.20 bits per heavy atom. The quantitative estimate of drug-likeness (QED) is 0.818. The molecule has 1 aromatic carbocycles. The topological polar surface area (TPSA) is 44.5 Å². The van der Waals surface area contributed by atoms with E-state index in [4.69, 9.17) is 5.73 Å². The minimum absolute atomic E-state index is 0.126. The van der Waals surface area contributed by atoms with Gasteiger partial charge in [-0.25, -0.2) is 0 Å². The predicted molar refractivity (Wildman–Crippen MR) is 86.2 cm³/mol. The first-order chi connectivity index (χ1) is 9.65. The summed E-state index contributed by atoms with van der Waals surface area (Å²) in [6, 6.07) is 10.7. The van der Waals surface area contributed by atoms with Gasteiger partial charge in [-0.15, -0.1) is 0 Å². The lowest BCUT2D eigenvalue weighted by atomic mass is 9.87. The molecule has 2 rings (SSSR count). The molecule has 0 unspecified atom stereocenters.